The molecule has 0 aliphatic rings. The Labute approximate surface area is 74.5 Å². The lowest BCUT2D eigenvalue weighted by Crippen LogP contribution is -2.06. The smallest absolute Gasteiger partial charge is 0.345 e. The maximum absolute atomic E-state index is 11.3. The molecule has 0 bridgehead atoms. The predicted molar refractivity (Wildman–Crippen MR) is 46.5 cm³/mol. The number of esters is 1. The molecule has 0 saturated carbocycles. The fourth-order valence-electron chi connectivity index (χ4n) is 0.989. The summed E-state index contributed by atoms with van der Waals surface area (Å²) in [5, 5.41) is 0. The van der Waals surface area contributed by atoms with Crippen LogP contribution in [0.4, 0.5) is 0 Å². The monoisotopic (exact) mass is 176 g/mol. The number of carbonyl (C=O) groups excluding carboxylic acids is 1. The molecule has 2 rings (SSSR count). The molecule has 4 heteroatoms. The fourth-order valence-corrected chi connectivity index (χ4v) is 0.989. The SMILES string of the molecule is O=C(Oc1cc[nH]c1)c1cc[nH]c1. The van der Waals surface area contributed by atoms with Crippen molar-refractivity contribution in [2.45, 2.75) is 0 Å². The maximum Gasteiger partial charge on any atom is 0.345 e. The second-order valence-corrected chi connectivity index (χ2v) is 2.54. The molecular weight excluding hydrogens is 168 g/mol. The van der Waals surface area contributed by atoms with E-state index in [1.807, 2.05) is 0 Å². The van der Waals surface area contributed by atoms with Gasteiger partial charge in [-0.2, -0.15) is 0 Å². The van der Waals surface area contributed by atoms with E-state index >= 15 is 0 Å². The molecule has 0 unspecified atom stereocenters. The largest absolute Gasteiger partial charge is 0.421 e. The van der Waals surface area contributed by atoms with Crippen LogP contribution in [-0.4, -0.2) is 15.9 Å². The summed E-state index contributed by atoms with van der Waals surface area (Å²) in [4.78, 5) is 16.9. The molecule has 66 valence electrons. The van der Waals surface area contributed by atoms with Gasteiger partial charge in [-0.25, -0.2) is 4.79 Å². The van der Waals surface area contributed by atoms with Gasteiger partial charge < -0.3 is 14.7 Å². The number of hydrogen-bond acceptors (Lipinski definition) is 2. The van der Waals surface area contributed by atoms with Crippen LogP contribution in [0.1, 0.15) is 10.4 Å². The second-order valence-electron chi connectivity index (χ2n) is 2.54. The van der Waals surface area contributed by atoms with Crippen molar-refractivity contribution < 1.29 is 9.53 Å². The van der Waals surface area contributed by atoms with Gasteiger partial charge in [0.15, 0.2) is 0 Å². The van der Waals surface area contributed by atoms with Gasteiger partial charge >= 0.3 is 5.97 Å². The highest BCUT2D eigenvalue weighted by atomic mass is 16.5. The van der Waals surface area contributed by atoms with E-state index in [0.717, 1.165) is 0 Å². The van der Waals surface area contributed by atoms with E-state index in [0.29, 0.717) is 11.3 Å². The quantitative estimate of drug-likeness (QED) is 0.682. The summed E-state index contributed by atoms with van der Waals surface area (Å²) in [6.45, 7) is 0. The van der Waals surface area contributed by atoms with Crippen LogP contribution in [0.3, 0.4) is 0 Å². The number of rotatable bonds is 2. The van der Waals surface area contributed by atoms with Gasteiger partial charge in [0.25, 0.3) is 0 Å². The molecule has 13 heavy (non-hydrogen) atoms. The van der Waals surface area contributed by atoms with Gasteiger partial charge in [-0.1, -0.05) is 0 Å². The van der Waals surface area contributed by atoms with Gasteiger partial charge in [0.2, 0.25) is 0 Å². The van der Waals surface area contributed by atoms with E-state index < -0.39 is 0 Å². The third-order valence-corrected chi connectivity index (χ3v) is 1.61. The average molecular weight is 176 g/mol. The molecule has 0 aliphatic heterocycles. The third kappa shape index (κ3) is 1.61. The lowest BCUT2D eigenvalue weighted by atomic mass is 10.3. The zero-order valence-corrected chi connectivity index (χ0v) is 6.78. The molecule has 0 amide bonds. The van der Waals surface area contributed by atoms with Crippen LogP contribution in [0.5, 0.6) is 5.75 Å². The van der Waals surface area contributed by atoms with E-state index in [1.54, 1.807) is 36.9 Å². The summed E-state index contributed by atoms with van der Waals surface area (Å²) in [6, 6.07) is 3.35. The van der Waals surface area contributed by atoms with Crippen molar-refractivity contribution in [3.05, 3.63) is 42.5 Å². The van der Waals surface area contributed by atoms with Crippen molar-refractivity contribution in [2.75, 3.05) is 0 Å². The molecular formula is C9H8N2O2. The van der Waals surface area contributed by atoms with E-state index in [1.165, 1.54) is 0 Å². The summed E-state index contributed by atoms with van der Waals surface area (Å²) in [5.74, 6) is 0.159. The molecule has 2 N–H and O–H groups in total. The Bertz CT molecular complexity index is 376. The number of nitrogens with one attached hydrogen (secondary N) is 2. The molecule has 2 aromatic heterocycles. The van der Waals surface area contributed by atoms with Crippen molar-refractivity contribution >= 4 is 5.97 Å². The third-order valence-electron chi connectivity index (χ3n) is 1.61. The molecule has 0 radical (unpaired) electrons. The summed E-state index contributed by atoms with van der Waals surface area (Å²) in [5.41, 5.74) is 0.515. The molecule has 2 aromatic rings. The predicted octanol–water partition coefficient (Wildman–Crippen LogP) is 1.56. The molecule has 0 fully saturated rings. The minimum absolute atomic E-state index is 0.360. The Morgan fingerprint density at radius 3 is 2.54 bits per heavy atom. The number of H-pyrrole nitrogens is 2. The van der Waals surface area contributed by atoms with Crippen LogP contribution >= 0.6 is 0 Å². The van der Waals surface area contributed by atoms with Crippen molar-refractivity contribution in [1.29, 1.82) is 0 Å². The van der Waals surface area contributed by atoms with E-state index in [4.69, 9.17) is 4.74 Å². The normalized spacial score (nSPS) is 9.85. The fraction of sp³-hybridized carbons (Fsp3) is 0. The summed E-state index contributed by atoms with van der Waals surface area (Å²) >= 11 is 0. The number of aromatic nitrogens is 2. The first kappa shape index (κ1) is 7.67. The summed E-state index contributed by atoms with van der Waals surface area (Å²) in [7, 11) is 0. The maximum atomic E-state index is 11.3. The molecule has 0 saturated heterocycles. The van der Waals surface area contributed by atoms with Gasteiger partial charge in [0.1, 0.15) is 5.75 Å². The van der Waals surface area contributed by atoms with Crippen LogP contribution < -0.4 is 4.74 Å². The Kier molecular flexibility index (Phi) is 1.88. The number of ether oxygens (including phenoxy) is 1. The van der Waals surface area contributed by atoms with Crippen LogP contribution in [0, 0.1) is 0 Å². The van der Waals surface area contributed by atoms with Crippen molar-refractivity contribution in [3.8, 4) is 5.75 Å². The van der Waals surface area contributed by atoms with E-state index in [2.05, 4.69) is 9.97 Å². The Morgan fingerprint density at radius 1 is 1.15 bits per heavy atom. The van der Waals surface area contributed by atoms with Gasteiger partial charge in [-0.05, 0) is 12.1 Å². The molecule has 2 heterocycles. The lowest BCUT2D eigenvalue weighted by molar-refractivity contribution is 0.0735. The molecule has 0 aromatic carbocycles. The standard InChI is InChI=1S/C9H8N2O2/c12-9(7-1-3-10-5-7)13-8-2-4-11-6-8/h1-6,10-11H. The Hall–Kier alpha value is -1.97. The van der Waals surface area contributed by atoms with Crippen LogP contribution in [0.25, 0.3) is 0 Å². The summed E-state index contributed by atoms with van der Waals surface area (Å²) in [6.07, 6.45) is 6.58. The minimum Gasteiger partial charge on any atom is -0.421 e. The van der Waals surface area contributed by atoms with Gasteiger partial charge in [0, 0.05) is 24.8 Å². The van der Waals surface area contributed by atoms with Crippen LogP contribution in [-0.2, 0) is 0 Å². The minimum atomic E-state index is -0.360. The zero-order valence-electron chi connectivity index (χ0n) is 6.78. The van der Waals surface area contributed by atoms with E-state index in [-0.39, 0.29) is 5.97 Å². The van der Waals surface area contributed by atoms with Crippen molar-refractivity contribution in [3.63, 3.8) is 0 Å². The highest BCUT2D eigenvalue weighted by Crippen LogP contribution is 2.10. The summed E-state index contributed by atoms with van der Waals surface area (Å²) < 4.78 is 5.01. The van der Waals surface area contributed by atoms with Gasteiger partial charge in [0.05, 0.1) is 5.56 Å². The second kappa shape index (κ2) is 3.18. The highest BCUT2D eigenvalue weighted by molar-refractivity contribution is 5.90. The Morgan fingerprint density at radius 2 is 1.92 bits per heavy atom. The lowest BCUT2D eigenvalue weighted by Gasteiger charge is -1.97. The number of aromatic amines is 2. The van der Waals surface area contributed by atoms with Gasteiger partial charge in [-0.15, -0.1) is 0 Å². The molecule has 0 aliphatic carbocycles. The molecule has 4 nitrogen and oxygen atoms in total. The number of hydrogen-bond donors (Lipinski definition) is 2. The number of carbonyl (C=O) groups is 1. The van der Waals surface area contributed by atoms with Crippen LogP contribution in [0.15, 0.2) is 36.9 Å². The molecule has 0 atom stereocenters. The first-order chi connectivity index (χ1) is 6.36. The average Bonchev–Trinajstić information content (AvgIpc) is 2.74. The Balaban J connectivity index is 2.08. The first-order valence-electron chi connectivity index (χ1n) is 3.84. The van der Waals surface area contributed by atoms with Crippen molar-refractivity contribution in [2.24, 2.45) is 0 Å². The van der Waals surface area contributed by atoms with Crippen molar-refractivity contribution in [1.82, 2.24) is 9.97 Å². The topological polar surface area (TPSA) is 57.9 Å². The first-order valence-corrected chi connectivity index (χ1v) is 3.84. The zero-order chi connectivity index (χ0) is 9.10. The highest BCUT2D eigenvalue weighted by Gasteiger charge is 2.07. The van der Waals surface area contributed by atoms with Gasteiger partial charge in [-0.3, -0.25) is 0 Å². The molecule has 0 spiro atoms. The van der Waals surface area contributed by atoms with Crippen LogP contribution in [0.2, 0.25) is 0 Å². The van der Waals surface area contributed by atoms with E-state index in [9.17, 15) is 4.79 Å².